The first-order chi connectivity index (χ1) is 17.7. The highest BCUT2D eigenvalue weighted by Gasteiger charge is 2.32. The fraction of sp³-hybridized carbons (Fsp3) is 0.310. The Hall–Kier alpha value is -3.13. The van der Waals surface area contributed by atoms with E-state index in [1.54, 1.807) is 11.8 Å². The number of hydrogen-bond acceptors (Lipinski definition) is 5. The minimum atomic E-state index is -0.102. The molecule has 2 heterocycles. The summed E-state index contributed by atoms with van der Waals surface area (Å²) in [5, 5.41) is 2.98. The topological polar surface area (TPSA) is 61.9 Å². The standard InChI is InChI=1S/C29H31N3O3S/c33-27-21-36-29(32(27)20-23-4-2-1-3-5-23)26-12-10-25(11-13-26)28(34)30-18-22-6-8-24(9-7-22)19-31-14-16-35-17-15-31/h1-13,29H,14-21H2,(H,30,34). The SMILES string of the molecule is O=C(NCc1ccc(CN2CCOCC2)cc1)c1ccc(C2SCC(=O)N2Cc2ccccc2)cc1. The summed E-state index contributed by atoms with van der Waals surface area (Å²) in [7, 11) is 0. The molecule has 1 N–H and O–H groups in total. The molecule has 186 valence electrons. The molecule has 3 aromatic rings. The molecule has 0 bridgehead atoms. The van der Waals surface area contributed by atoms with Crippen molar-refractivity contribution >= 4 is 23.6 Å². The van der Waals surface area contributed by atoms with Gasteiger partial charge in [0.2, 0.25) is 5.91 Å². The quantitative estimate of drug-likeness (QED) is 0.501. The van der Waals surface area contributed by atoms with Crippen LogP contribution in [-0.2, 0) is 29.2 Å². The number of benzene rings is 3. The maximum Gasteiger partial charge on any atom is 0.251 e. The summed E-state index contributed by atoms with van der Waals surface area (Å²) in [6.45, 7) is 5.54. The van der Waals surface area contributed by atoms with Gasteiger partial charge in [-0.15, -0.1) is 11.8 Å². The smallest absolute Gasteiger partial charge is 0.251 e. The van der Waals surface area contributed by atoms with E-state index in [-0.39, 0.29) is 17.2 Å². The van der Waals surface area contributed by atoms with Crippen molar-refractivity contribution in [2.45, 2.75) is 25.0 Å². The second-order valence-electron chi connectivity index (χ2n) is 9.18. The van der Waals surface area contributed by atoms with Crippen LogP contribution in [0.3, 0.4) is 0 Å². The summed E-state index contributed by atoms with van der Waals surface area (Å²) >= 11 is 1.63. The monoisotopic (exact) mass is 501 g/mol. The summed E-state index contributed by atoms with van der Waals surface area (Å²) in [4.78, 5) is 29.6. The first-order valence-corrected chi connectivity index (χ1v) is 13.4. The van der Waals surface area contributed by atoms with Crippen molar-refractivity contribution in [2.75, 3.05) is 32.1 Å². The van der Waals surface area contributed by atoms with Crippen LogP contribution in [0.4, 0.5) is 0 Å². The zero-order valence-corrected chi connectivity index (χ0v) is 21.1. The fourth-order valence-corrected chi connectivity index (χ4v) is 5.73. The highest BCUT2D eigenvalue weighted by atomic mass is 32.2. The minimum absolute atomic E-state index is 0.0363. The summed E-state index contributed by atoms with van der Waals surface area (Å²) < 4.78 is 5.41. The normalized spacial score (nSPS) is 18.4. The van der Waals surface area contributed by atoms with E-state index in [0.29, 0.717) is 24.4 Å². The number of carbonyl (C=O) groups excluding carboxylic acids is 2. The van der Waals surface area contributed by atoms with Crippen LogP contribution in [0.25, 0.3) is 0 Å². The van der Waals surface area contributed by atoms with E-state index in [9.17, 15) is 9.59 Å². The zero-order chi connectivity index (χ0) is 24.7. The molecule has 2 fully saturated rings. The first-order valence-electron chi connectivity index (χ1n) is 12.4. The number of nitrogens with one attached hydrogen (secondary N) is 1. The second-order valence-corrected chi connectivity index (χ2v) is 10.2. The Balaban J connectivity index is 1.15. The summed E-state index contributed by atoms with van der Waals surface area (Å²) in [5.74, 6) is 0.521. The van der Waals surface area contributed by atoms with Crippen molar-refractivity contribution in [1.82, 2.24) is 15.1 Å². The molecule has 1 atom stereocenters. The summed E-state index contributed by atoms with van der Waals surface area (Å²) in [6.07, 6.45) is 0. The van der Waals surface area contributed by atoms with E-state index >= 15 is 0 Å². The van der Waals surface area contributed by atoms with Crippen molar-refractivity contribution in [3.63, 3.8) is 0 Å². The molecule has 2 saturated heterocycles. The molecule has 2 aliphatic heterocycles. The van der Waals surface area contributed by atoms with Crippen LogP contribution >= 0.6 is 11.8 Å². The molecule has 0 saturated carbocycles. The van der Waals surface area contributed by atoms with E-state index in [4.69, 9.17) is 4.74 Å². The van der Waals surface area contributed by atoms with Crippen molar-refractivity contribution < 1.29 is 14.3 Å². The Morgan fingerprint density at radius 2 is 1.53 bits per heavy atom. The highest BCUT2D eigenvalue weighted by Crippen LogP contribution is 2.39. The summed E-state index contributed by atoms with van der Waals surface area (Å²) in [5.41, 5.74) is 5.11. The van der Waals surface area contributed by atoms with Crippen molar-refractivity contribution in [2.24, 2.45) is 0 Å². The van der Waals surface area contributed by atoms with Gasteiger partial charge < -0.3 is 15.0 Å². The predicted octanol–water partition coefficient (Wildman–Crippen LogP) is 4.22. The van der Waals surface area contributed by atoms with E-state index in [2.05, 4.69) is 34.5 Å². The number of nitrogens with zero attached hydrogens (tertiary/aromatic N) is 2. The van der Waals surface area contributed by atoms with Gasteiger partial charge in [-0.1, -0.05) is 66.7 Å². The maximum absolute atomic E-state index is 12.7. The molecule has 0 aromatic heterocycles. The Labute approximate surface area is 216 Å². The molecule has 2 aliphatic rings. The fourth-order valence-electron chi connectivity index (χ4n) is 4.54. The Morgan fingerprint density at radius 1 is 0.861 bits per heavy atom. The van der Waals surface area contributed by atoms with Gasteiger partial charge in [-0.05, 0) is 34.4 Å². The Kier molecular flexibility index (Phi) is 8.01. The van der Waals surface area contributed by atoms with Gasteiger partial charge in [0.25, 0.3) is 5.91 Å². The minimum Gasteiger partial charge on any atom is -0.379 e. The van der Waals surface area contributed by atoms with E-state index < -0.39 is 0 Å². The van der Waals surface area contributed by atoms with Crippen LogP contribution in [0, 0.1) is 0 Å². The van der Waals surface area contributed by atoms with Gasteiger partial charge in [-0.3, -0.25) is 14.5 Å². The zero-order valence-electron chi connectivity index (χ0n) is 20.3. The highest BCUT2D eigenvalue weighted by molar-refractivity contribution is 8.00. The molecule has 1 unspecified atom stereocenters. The number of rotatable bonds is 8. The largest absolute Gasteiger partial charge is 0.379 e. The average Bonchev–Trinajstić information content (AvgIpc) is 3.29. The predicted molar refractivity (Wildman–Crippen MR) is 142 cm³/mol. The van der Waals surface area contributed by atoms with Crippen molar-refractivity contribution in [1.29, 1.82) is 0 Å². The molecule has 0 radical (unpaired) electrons. The molecule has 0 aliphatic carbocycles. The number of morpholine rings is 1. The number of hydrogen-bond donors (Lipinski definition) is 1. The van der Waals surface area contributed by atoms with E-state index in [1.165, 1.54) is 5.56 Å². The van der Waals surface area contributed by atoms with E-state index in [1.807, 2.05) is 59.5 Å². The van der Waals surface area contributed by atoms with Crippen LogP contribution in [-0.4, -0.2) is 53.7 Å². The maximum atomic E-state index is 12.7. The molecular formula is C29H31N3O3S. The van der Waals surface area contributed by atoms with Gasteiger partial charge in [-0.2, -0.15) is 0 Å². The van der Waals surface area contributed by atoms with Crippen LogP contribution < -0.4 is 5.32 Å². The second kappa shape index (κ2) is 11.7. The van der Waals surface area contributed by atoms with Crippen molar-refractivity contribution in [3.05, 3.63) is 107 Å². The lowest BCUT2D eigenvalue weighted by Crippen LogP contribution is -2.35. The molecular weight excluding hydrogens is 470 g/mol. The average molecular weight is 502 g/mol. The van der Waals surface area contributed by atoms with E-state index in [0.717, 1.165) is 49.5 Å². The van der Waals surface area contributed by atoms with Gasteiger partial charge in [0.15, 0.2) is 0 Å². The lowest BCUT2D eigenvalue weighted by atomic mass is 10.1. The first kappa shape index (κ1) is 24.6. The number of thioether (sulfide) groups is 1. The lowest BCUT2D eigenvalue weighted by molar-refractivity contribution is -0.128. The molecule has 6 nitrogen and oxygen atoms in total. The molecule has 5 rings (SSSR count). The van der Waals surface area contributed by atoms with Gasteiger partial charge in [0.1, 0.15) is 5.37 Å². The van der Waals surface area contributed by atoms with Crippen LogP contribution in [0.5, 0.6) is 0 Å². The van der Waals surface area contributed by atoms with Gasteiger partial charge in [-0.25, -0.2) is 0 Å². The molecule has 3 aromatic carbocycles. The van der Waals surface area contributed by atoms with Gasteiger partial charge >= 0.3 is 0 Å². The third-order valence-electron chi connectivity index (χ3n) is 6.61. The molecule has 7 heteroatoms. The van der Waals surface area contributed by atoms with Gasteiger partial charge in [0, 0.05) is 38.3 Å². The number of amides is 2. The molecule has 0 spiro atoms. The van der Waals surface area contributed by atoms with Gasteiger partial charge in [0.05, 0.1) is 19.0 Å². The summed E-state index contributed by atoms with van der Waals surface area (Å²) in [6, 6.07) is 26.1. The molecule has 2 amide bonds. The van der Waals surface area contributed by atoms with Crippen LogP contribution in [0.1, 0.15) is 38.0 Å². The number of carbonyl (C=O) groups is 2. The van der Waals surface area contributed by atoms with Crippen LogP contribution in [0.15, 0.2) is 78.9 Å². The third kappa shape index (κ3) is 6.16. The number of ether oxygens (including phenoxy) is 1. The molecule has 36 heavy (non-hydrogen) atoms. The lowest BCUT2D eigenvalue weighted by Gasteiger charge is -2.26. The third-order valence-corrected chi connectivity index (χ3v) is 7.86. The Bertz CT molecular complexity index is 1160. The van der Waals surface area contributed by atoms with Crippen molar-refractivity contribution in [3.8, 4) is 0 Å². The van der Waals surface area contributed by atoms with Crippen LogP contribution in [0.2, 0.25) is 0 Å². The Morgan fingerprint density at radius 3 is 2.25 bits per heavy atom.